The van der Waals surface area contributed by atoms with Gasteiger partial charge in [-0.2, -0.15) is 0 Å². The summed E-state index contributed by atoms with van der Waals surface area (Å²) in [6, 6.07) is 18.0. The molecule has 0 bridgehead atoms. The van der Waals surface area contributed by atoms with Crippen molar-refractivity contribution in [3.8, 4) is 5.75 Å². The zero-order chi connectivity index (χ0) is 22.2. The van der Waals surface area contributed by atoms with Gasteiger partial charge in [-0.15, -0.1) is 0 Å². The summed E-state index contributed by atoms with van der Waals surface area (Å²) in [5.41, 5.74) is 3.08. The van der Waals surface area contributed by atoms with E-state index in [2.05, 4.69) is 16.0 Å². The first-order valence-corrected chi connectivity index (χ1v) is 9.89. The maximum absolute atomic E-state index is 13.3. The number of ether oxygens (including phenoxy) is 1. The molecule has 0 atom stereocenters. The summed E-state index contributed by atoms with van der Waals surface area (Å²) in [7, 11) is 0. The normalized spacial score (nSPS) is 10.3. The maximum Gasteiger partial charge on any atom is 0.255 e. The van der Waals surface area contributed by atoms with Crippen molar-refractivity contribution < 1.29 is 18.7 Å². The zero-order valence-corrected chi connectivity index (χ0v) is 17.4. The molecule has 0 aliphatic carbocycles. The van der Waals surface area contributed by atoms with Gasteiger partial charge in [0.2, 0.25) is 5.91 Å². The Kier molecular flexibility index (Phi) is 7.22. The fourth-order valence-electron chi connectivity index (χ4n) is 2.87. The lowest BCUT2D eigenvalue weighted by Crippen LogP contribution is -2.22. The van der Waals surface area contributed by atoms with Crippen LogP contribution in [0.25, 0.3) is 0 Å². The molecule has 0 aliphatic rings. The lowest BCUT2D eigenvalue weighted by Gasteiger charge is -2.11. The highest BCUT2D eigenvalue weighted by molar-refractivity contribution is 6.04. The molecule has 0 fully saturated rings. The van der Waals surface area contributed by atoms with E-state index in [4.69, 9.17) is 4.74 Å². The summed E-state index contributed by atoms with van der Waals surface area (Å²) >= 11 is 0. The molecule has 0 aromatic heterocycles. The van der Waals surface area contributed by atoms with Crippen molar-refractivity contribution in [1.29, 1.82) is 0 Å². The number of hydrogen-bond acceptors (Lipinski definition) is 4. The van der Waals surface area contributed by atoms with Crippen LogP contribution < -0.4 is 20.7 Å². The summed E-state index contributed by atoms with van der Waals surface area (Å²) in [5.74, 6) is -0.171. The third-order valence-corrected chi connectivity index (χ3v) is 4.49. The third kappa shape index (κ3) is 6.30. The van der Waals surface area contributed by atoms with E-state index in [1.54, 1.807) is 54.6 Å². The van der Waals surface area contributed by atoms with Crippen LogP contribution >= 0.6 is 0 Å². The van der Waals surface area contributed by atoms with E-state index >= 15 is 0 Å². The van der Waals surface area contributed by atoms with Gasteiger partial charge in [0, 0.05) is 22.6 Å². The summed E-state index contributed by atoms with van der Waals surface area (Å²) in [6.07, 6.45) is 0. The van der Waals surface area contributed by atoms with Gasteiger partial charge in [0.15, 0.2) is 0 Å². The molecule has 0 radical (unpaired) electrons. The van der Waals surface area contributed by atoms with Crippen molar-refractivity contribution in [3.05, 3.63) is 83.7 Å². The quantitative estimate of drug-likeness (QED) is 0.486. The molecular formula is C24H24FN3O3. The Hall–Kier alpha value is -3.87. The molecular weight excluding hydrogens is 397 g/mol. The molecule has 0 aliphatic heterocycles. The number of halogens is 1. The molecule has 31 heavy (non-hydrogen) atoms. The highest BCUT2D eigenvalue weighted by atomic mass is 19.1. The maximum atomic E-state index is 13.3. The van der Waals surface area contributed by atoms with Crippen molar-refractivity contribution >= 4 is 28.9 Å². The Morgan fingerprint density at radius 1 is 0.903 bits per heavy atom. The van der Waals surface area contributed by atoms with Gasteiger partial charge < -0.3 is 20.7 Å². The van der Waals surface area contributed by atoms with Crippen LogP contribution in [0.5, 0.6) is 5.75 Å². The summed E-state index contributed by atoms with van der Waals surface area (Å²) in [4.78, 5) is 24.6. The summed E-state index contributed by atoms with van der Waals surface area (Å²) in [5, 5.41) is 8.47. The van der Waals surface area contributed by atoms with Gasteiger partial charge >= 0.3 is 0 Å². The minimum absolute atomic E-state index is 0.00965. The Morgan fingerprint density at radius 3 is 2.23 bits per heavy atom. The molecule has 160 valence electrons. The standard InChI is InChI=1S/C24H24FN3O3/c1-3-31-21-12-10-20(11-13-21)28-24(30)17-5-8-19(9-6-17)27-23(29)15-26-22-14-18(25)7-4-16(22)2/h4-14,26H,3,15H2,1-2H3,(H,27,29)(H,28,30). The Morgan fingerprint density at radius 2 is 1.55 bits per heavy atom. The van der Waals surface area contributed by atoms with Crippen molar-refractivity contribution in [2.24, 2.45) is 0 Å². The van der Waals surface area contributed by atoms with Crippen LogP contribution in [-0.2, 0) is 4.79 Å². The van der Waals surface area contributed by atoms with Crippen LogP contribution in [0.3, 0.4) is 0 Å². The SMILES string of the molecule is CCOc1ccc(NC(=O)c2ccc(NC(=O)CNc3cc(F)ccc3C)cc2)cc1. The summed E-state index contributed by atoms with van der Waals surface area (Å²) in [6.45, 7) is 4.31. The molecule has 6 nitrogen and oxygen atoms in total. The van der Waals surface area contributed by atoms with E-state index in [-0.39, 0.29) is 24.2 Å². The van der Waals surface area contributed by atoms with Crippen molar-refractivity contribution in [2.45, 2.75) is 13.8 Å². The van der Waals surface area contributed by atoms with Crippen LogP contribution in [0, 0.1) is 12.7 Å². The van der Waals surface area contributed by atoms with Crippen LogP contribution in [0.15, 0.2) is 66.7 Å². The van der Waals surface area contributed by atoms with E-state index in [1.165, 1.54) is 12.1 Å². The van der Waals surface area contributed by atoms with Crippen LogP contribution in [0.1, 0.15) is 22.8 Å². The fraction of sp³-hybridized carbons (Fsp3) is 0.167. The van der Waals surface area contributed by atoms with E-state index in [0.717, 1.165) is 11.3 Å². The van der Waals surface area contributed by atoms with Crippen molar-refractivity contribution in [2.75, 3.05) is 29.1 Å². The largest absolute Gasteiger partial charge is 0.494 e. The number of rotatable bonds is 8. The monoisotopic (exact) mass is 421 g/mol. The lowest BCUT2D eigenvalue weighted by molar-refractivity contribution is -0.114. The highest BCUT2D eigenvalue weighted by Crippen LogP contribution is 2.18. The first kappa shape index (κ1) is 21.8. The molecule has 0 heterocycles. The number of benzene rings is 3. The van der Waals surface area contributed by atoms with Gasteiger partial charge in [-0.05, 0) is 80.1 Å². The van der Waals surface area contributed by atoms with Gasteiger partial charge in [-0.3, -0.25) is 9.59 Å². The van der Waals surface area contributed by atoms with Crippen molar-refractivity contribution in [3.63, 3.8) is 0 Å². The van der Waals surface area contributed by atoms with E-state index < -0.39 is 0 Å². The van der Waals surface area contributed by atoms with Crippen LogP contribution in [0.2, 0.25) is 0 Å². The topological polar surface area (TPSA) is 79.5 Å². The molecule has 2 amide bonds. The number of nitrogens with one attached hydrogen (secondary N) is 3. The Labute approximate surface area is 180 Å². The minimum Gasteiger partial charge on any atom is -0.494 e. The van der Waals surface area contributed by atoms with Gasteiger partial charge in [0.25, 0.3) is 5.91 Å². The number of carbonyl (C=O) groups excluding carboxylic acids is 2. The average Bonchev–Trinajstić information content (AvgIpc) is 2.76. The van der Waals surface area contributed by atoms with E-state index in [9.17, 15) is 14.0 Å². The molecule has 7 heteroatoms. The molecule has 3 N–H and O–H groups in total. The first-order chi connectivity index (χ1) is 14.9. The van der Waals surface area contributed by atoms with Gasteiger partial charge in [-0.25, -0.2) is 4.39 Å². The van der Waals surface area contributed by atoms with Crippen molar-refractivity contribution in [1.82, 2.24) is 0 Å². The molecule has 3 aromatic rings. The Balaban J connectivity index is 1.52. The third-order valence-electron chi connectivity index (χ3n) is 4.49. The van der Waals surface area contributed by atoms with Gasteiger partial charge in [0.1, 0.15) is 11.6 Å². The summed E-state index contributed by atoms with van der Waals surface area (Å²) < 4.78 is 18.7. The Bertz CT molecular complexity index is 1050. The second-order valence-electron chi connectivity index (χ2n) is 6.85. The number of hydrogen-bond donors (Lipinski definition) is 3. The molecule has 0 spiro atoms. The first-order valence-electron chi connectivity index (χ1n) is 9.89. The van der Waals surface area contributed by atoms with Crippen LogP contribution in [-0.4, -0.2) is 25.0 Å². The van der Waals surface area contributed by atoms with Crippen LogP contribution in [0.4, 0.5) is 21.5 Å². The molecule has 3 rings (SSSR count). The number of amides is 2. The number of aryl methyl sites for hydroxylation is 1. The van der Waals surface area contributed by atoms with E-state index in [0.29, 0.717) is 29.2 Å². The molecule has 0 saturated heterocycles. The zero-order valence-electron chi connectivity index (χ0n) is 17.4. The molecule has 3 aromatic carbocycles. The van der Waals surface area contributed by atoms with Gasteiger partial charge in [0.05, 0.1) is 13.2 Å². The fourth-order valence-corrected chi connectivity index (χ4v) is 2.87. The highest BCUT2D eigenvalue weighted by Gasteiger charge is 2.08. The number of anilines is 3. The smallest absolute Gasteiger partial charge is 0.255 e. The molecule has 0 unspecified atom stereocenters. The average molecular weight is 421 g/mol. The predicted octanol–water partition coefficient (Wildman–Crippen LogP) is 4.84. The number of carbonyl (C=O) groups is 2. The minimum atomic E-state index is -0.368. The second-order valence-corrected chi connectivity index (χ2v) is 6.85. The lowest BCUT2D eigenvalue weighted by atomic mass is 10.2. The molecule has 0 saturated carbocycles. The van der Waals surface area contributed by atoms with E-state index in [1.807, 2.05) is 13.8 Å². The van der Waals surface area contributed by atoms with Gasteiger partial charge in [-0.1, -0.05) is 6.07 Å². The second kappa shape index (κ2) is 10.2. The predicted molar refractivity (Wildman–Crippen MR) is 120 cm³/mol.